The van der Waals surface area contributed by atoms with Gasteiger partial charge in [0.25, 0.3) is 0 Å². The van der Waals surface area contributed by atoms with E-state index in [1.54, 1.807) is 22.7 Å². The van der Waals surface area contributed by atoms with E-state index in [4.69, 9.17) is 17.4 Å². The van der Waals surface area contributed by atoms with Gasteiger partial charge in [0.1, 0.15) is 0 Å². The zero-order valence-corrected chi connectivity index (χ0v) is 13.4. The molecule has 2 nitrogen and oxygen atoms in total. The van der Waals surface area contributed by atoms with E-state index in [0.29, 0.717) is 0 Å². The molecule has 0 aliphatic heterocycles. The van der Waals surface area contributed by atoms with Gasteiger partial charge in [-0.1, -0.05) is 29.8 Å². The van der Waals surface area contributed by atoms with Gasteiger partial charge in [-0.05, 0) is 46.7 Å². The predicted octanol–water partition coefficient (Wildman–Crippen LogP) is 4.67. The SMILES string of the molecule is Cc1csc(C(Cc2csc3ccccc23)NN)c1Cl. The van der Waals surface area contributed by atoms with Gasteiger partial charge in [0.05, 0.1) is 11.1 Å². The van der Waals surface area contributed by atoms with Crippen LogP contribution in [0.3, 0.4) is 0 Å². The van der Waals surface area contributed by atoms with Crippen LogP contribution in [0.4, 0.5) is 0 Å². The zero-order valence-electron chi connectivity index (χ0n) is 11.0. The Bertz CT molecular complexity index is 732. The van der Waals surface area contributed by atoms with Crippen molar-refractivity contribution < 1.29 is 0 Å². The standard InChI is InChI=1S/C15H15ClN2S2/c1-9-7-20-15(14(9)16)12(18-17)6-10-8-19-13-5-3-2-4-11(10)13/h2-5,7-8,12,18H,6,17H2,1H3. The largest absolute Gasteiger partial charge is 0.271 e. The molecule has 0 bridgehead atoms. The highest BCUT2D eigenvalue weighted by molar-refractivity contribution is 7.17. The van der Waals surface area contributed by atoms with Crippen molar-refractivity contribution in [2.45, 2.75) is 19.4 Å². The van der Waals surface area contributed by atoms with Gasteiger partial charge in [0.15, 0.2) is 0 Å². The molecular formula is C15H15ClN2S2. The number of aryl methyl sites for hydroxylation is 1. The number of nitrogens with two attached hydrogens (primary N) is 1. The van der Waals surface area contributed by atoms with Gasteiger partial charge in [0, 0.05) is 9.58 Å². The van der Waals surface area contributed by atoms with Crippen molar-refractivity contribution in [2.24, 2.45) is 5.84 Å². The minimum atomic E-state index is 0.0548. The molecule has 0 spiro atoms. The van der Waals surface area contributed by atoms with Crippen LogP contribution in [0, 0.1) is 6.92 Å². The number of benzene rings is 1. The molecule has 5 heteroatoms. The van der Waals surface area contributed by atoms with Crippen LogP contribution in [0.5, 0.6) is 0 Å². The first-order valence-corrected chi connectivity index (χ1v) is 8.49. The van der Waals surface area contributed by atoms with Gasteiger partial charge in [0.2, 0.25) is 0 Å². The Hall–Kier alpha value is -0.910. The molecule has 1 atom stereocenters. The third-order valence-electron chi connectivity index (χ3n) is 3.43. The van der Waals surface area contributed by atoms with Gasteiger partial charge in [-0.15, -0.1) is 22.7 Å². The average molecular weight is 323 g/mol. The topological polar surface area (TPSA) is 38.0 Å². The number of fused-ring (bicyclic) bond motifs is 1. The Kier molecular flexibility index (Phi) is 4.10. The molecule has 2 aromatic heterocycles. The Balaban J connectivity index is 1.94. The third-order valence-corrected chi connectivity index (χ3v) is 6.27. The number of rotatable bonds is 4. The van der Waals surface area contributed by atoms with Crippen LogP contribution < -0.4 is 11.3 Å². The summed E-state index contributed by atoms with van der Waals surface area (Å²) in [7, 11) is 0. The Morgan fingerprint density at radius 3 is 2.75 bits per heavy atom. The monoisotopic (exact) mass is 322 g/mol. The van der Waals surface area contributed by atoms with Gasteiger partial charge in [-0.25, -0.2) is 0 Å². The van der Waals surface area contributed by atoms with E-state index >= 15 is 0 Å². The van der Waals surface area contributed by atoms with Crippen LogP contribution in [-0.2, 0) is 6.42 Å². The number of hydrogen-bond acceptors (Lipinski definition) is 4. The van der Waals surface area contributed by atoms with Gasteiger partial charge < -0.3 is 0 Å². The third kappa shape index (κ3) is 2.50. The smallest absolute Gasteiger partial charge is 0.0609 e. The first-order valence-electron chi connectivity index (χ1n) is 6.35. The Morgan fingerprint density at radius 2 is 2.05 bits per heavy atom. The van der Waals surface area contributed by atoms with E-state index in [9.17, 15) is 0 Å². The minimum Gasteiger partial charge on any atom is -0.271 e. The lowest BCUT2D eigenvalue weighted by atomic mass is 10.0. The maximum Gasteiger partial charge on any atom is 0.0609 e. The lowest BCUT2D eigenvalue weighted by Crippen LogP contribution is -2.29. The number of hydrogen-bond donors (Lipinski definition) is 2. The van der Waals surface area contributed by atoms with E-state index in [0.717, 1.165) is 21.9 Å². The average Bonchev–Trinajstić information content (AvgIpc) is 3.02. The molecule has 0 aliphatic rings. The van der Waals surface area contributed by atoms with E-state index in [2.05, 4.69) is 40.5 Å². The van der Waals surface area contributed by atoms with Crippen LogP contribution in [0.2, 0.25) is 5.02 Å². The molecule has 0 amide bonds. The van der Waals surface area contributed by atoms with Gasteiger partial charge >= 0.3 is 0 Å². The summed E-state index contributed by atoms with van der Waals surface area (Å²) in [5.74, 6) is 5.75. The van der Waals surface area contributed by atoms with Crippen LogP contribution in [-0.4, -0.2) is 0 Å². The fraction of sp³-hybridized carbons (Fsp3) is 0.200. The number of hydrazine groups is 1. The van der Waals surface area contributed by atoms with E-state index in [1.165, 1.54) is 15.6 Å². The van der Waals surface area contributed by atoms with Crippen LogP contribution in [0.1, 0.15) is 22.0 Å². The van der Waals surface area contributed by atoms with Crippen molar-refractivity contribution in [1.82, 2.24) is 5.43 Å². The summed E-state index contributed by atoms with van der Waals surface area (Å²) < 4.78 is 1.31. The van der Waals surface area contributed by atoms with Crippen molar-refractivity contribution in [3.8, 4) is 0 Å². The molecule has 104 valence electrons. The molecule has 0 fully saturated rings. The normalized spacial score (nSPS) is 12.9. The Labute approximate surface area is 131 Å². The summed E-state index contributed by atoms with van der Waals surface area (Å²) in [5.41, 5.74) is 5.33. The maximum absolute atomic E-state index is 6.36. The number of nitrogens with one attached hydrogen (secondary N) is 1. The molecular weight excluding hydrogens is 308 g/mol. The molecule has 3 rings (SSSR count). The molecule has 1 aromatic carbocycles. The molecule has 3 N–H and O–H groups in total. The highest BCUT2D eigenvalue weighted by Crippen LogP contribution is 2.35. The van der Waals surface area contributed by atoms with E-state index in [1.807, 2.05) is 6.92 Å². The number of thiophene rings is 2. The fourth-order valence-electron chi connectivity index (χ4n) is 2.32. The van der Waals surface area contributed by atoms with Crippen LogP contribution in [0.25, 0.3) is 10.1 Å². The van der Waals surface area contributed by atoms with Crippen LogP contribution in [0.15, 0.2) is 35.0 Å². The predicted molar refractivity (Wildman–Crippen MR) is 89.7 cm³/mol. The summed E-state index contributed by atoms with van der Waals surface area (Å²) in [5, 5.41) is 6.43. The Morgan fingerprint density at radius 1 is 1.25 bits per heavy atom. The lowest BCUT2D eigenvalue weighted by Gasteiger charge is -2.14. The number of halogens is 1. The maximum atomic E-state index is 6.36. The fourth-order valence-corrected chi connectivity index (χ4v) is 4.68. The van der Waals surface area contributed by atoms with E-state index in [-0.39, 0.29) is 6.04 Å². The first kappa shape index (κ1) is 14.0. The summed E-state index contributed by atoms with van der Waals surface area (Å²) in [6, 6.07) is 8.51. The van der Waals surface area contributed by atoms with Gasteiger partial charge in [-0.2, -0.15) is 0 Å². The molecule has 2 heterocycles. The van der Waals surface area contributed by atoms with E-state index < -0.39 is 0 Å². The highest BCUT2D eigenvalue weighted by Gasteiger charge is 2.18. The summed E-state index contributed by atoms with van der Waals surface area (Å²) in [6.07, 6.45) is 0.847. The molecule has 3 aromatic rings. The van der Waals surface area contributed by atoms with Crippen molar-refractivity contribution in [1.29, 1.82) is 0 Å². The summed E-state index contributed by atoms with van der Waals surface area (Å²) >= 11 is 9.80. The summed E-state index contributed by atoms with van der Waals surface area (Å²) in [6.45, 7) is 2.02. The van der Waals surface area contributed by atoms with Crippen molar-refractivity contribution in [3.63, 3.8) is 0 Å². The minimum absolute atomic E-state index is 0.0548. The molecule has 1 unspecified atom stereocenters. The van der Waals surface area contributed by atoms with Crippen LogP contribution >= 0.6 is 34.3 Å². The lowest BCUT2D eigenvalue weighted by molar-refractivity contribution is 0.563. The molecule has 0 saturated heterocycles. The molecule has 20 heavy (non-hydrogen) atoms. The second kappa shape index (κ2) is 5.84. The summed E-state index contributed by atoms with van der Waals surface area (Å²) in [4.78, 5) is 1.11. The van der Waals surface area contributed by atoms with Crippen molar-refractivity contribution in [3.05, 3.63) is 56.1 Å². The van der Waals surface area contributed by atoms with Crippen molar-refractivity contribution >= 4 is 44.4 Å². The molecule has 0 saturated carbocycles. The van der Waals surface area contributed by atoms with Gasteiger partial charge in [-0.3, -0.25) is 11.3 Å². The quantitative estimate of drug-likeness (QED) is 0.541. The highest BCUT2D eigenvalue weighted by atomic mass is 35.5. The second-order valence-corrected chi connectivity index (χ2v) is 6.98. The second-order valence-electron chi connectivity index (χ2n) is 4.78. The zero-order chi connectivity index (χ0) is 14.1. The molecule has 0 radical (unpaired) electrons. The first-order chi connectivity index (χ1) is 9.70. The molecule has 0 aliphatic carbocycles. The van der Waals surface area contributed by atoms with Crippen molar-refractivity contribution in [2.75, 3.05) is 0 Å².